The van der Waals surface area contributed by atoms with Gasteiger partial charge in [0.05, 0.1) is 17.6 Å². The van der Waals surface area contributed by atoms with Gasteiger partial charge in [0.25, 0.3) is 0 Å². The Hall–Kier alpha value is -4.66. The summed E-state index contributed by atoms with van der Waals surface area (Å²) in [5.41, 5.74) is 0.796. The maximum absolute atomic E-state index is 16.1. The maximum atomic E-state index is 16.1. The molecule has 2 saturated heterocycles. The van der Waals surface area contributed by atoms with Gasteiger partial charge in [0.15, 0.2) is 11.4 Å². The molecular weight excluding hydrogens is 681 g/mol. The van der Waals surface area contributed by atoms with E-state index in [9.17, 15) is 18.0 Å². The first-order valence-electron chi connectivity index (χ1n) is 17.5. The fraction of sp³-hybridized carbons (Fsp3) is 0.395. The molecule has 2 aliphatic rings. The highest BCUT2D eigenvalue weighted by Crippen LogP contribution is 2.35. The van der Waals surface area contributed by atoms with Gasteiger partial charge in [-0.3, -0.25) is 19.2 Å². The number of carbonyl (C=O) groups is 1. The molecule has 0 aliphatic carbocycles. The van der Waals surface area contributed by atoms with Gasteiger partial charge in [-0.2, -0.15) is 13.2 Å². The molecule has 0 bridgehead atoms. The van der Waals surface area contributed by atoms with E-state index in [2.05, 4.69) is 24.8 Å². The van der Waals surface area contributed by atoms with Crippen LogP contribution in [0.4, 0.5) is 22.0 Å². The van der Waals surface area contributed by atoms with Crippen molar-refractivity contribution in [3.8, 4) is 11.3 Å². The number of Topliss-reactive ketones (excluding diaryl/α,β-unsaturated/α-hetero) is 1. The summed E-state index contributed by atoms with van der Waals surface area (Å²) in [5, 5.41) is 0. The van der Waals surface area contributed by atoms with E-state index in [0.29, 0.717) is 47.8 Å². The number of alkyl halides is 3. The van der Waals surface area contributed by atoms with Crippen LogP contribution in [0.3, 0.4) is 0 Å². The van der Waals surface area contributed by atoms with Crippen LogP contribution < -0.4 is 0 Å². The molecule has 0 saturated carbocycles. The molecule has 0 radical (unpaired) electrons. The van der Waals surface area contributed by atoms with Gasteiger partial charge in [0, 0.05) is 75.1 Å². The lowest BCUT2D eigenvalue weighted by Gasteiger charge is -2.34. The molecule has 1 atom stereocenters. The van der Waals surface area contributed by atoms with E-state index in [0.717, 1.165) is 57.1 Å². The van der Waals surface area contributed by atoms with Gasteiger partial charge in [-0.05, 0) is 61.2 Å². The first-order chi connectivity index (χ1) is 25.1. The maximum Gasteiger partial charge on any atom is 0.416 e. The molecule has 14 heteroatoms. The number of ketones is 1. The Morgan fingerprint density at radius 3 is 2.48 bits per heavy atom. The Bertz CT molecular complexity index is 2070. The minimum absolute atomic E-state index is 0.0745. The van der Waals surface area contributed by atoms with Crippen LogP contribution in [0.25, 0.3) is 22.4 Å². The molecule has 2 fully saturated rings. The average Bonchev–Trinajstić information content (AvgIpc) is 3.60. The van der Waals surface area contributed by atoms with Crippen molar-refractivity contribution in [2.75, 3.05) is 39.3 Å². The number of aromatic nitrogens is 5. The quantitative estimate of drug-likeness (QED) is 0.112. The van der Waals surface area contributed by atoms with Crippen molar-refractivity contribution in [3.05, 3.63) is 106 Å². The Morgan fingerprint density at radius 1 is 0.942 bits per heavy atom. The SMILES string of the molecule is CCN1CCN(Cc2ccc(C(=O)Cc3ccc(F)c(Cc4ncccc4-c4ncnc5c4ncn5C4CCCCO4)c3F)cc2C(F)(F)F)CC1. The molecule has 272 valence electrons. The highest BCUT2D eigenvalue weighted by Gasteiger charge is 2.35. The molecular formula is C38H38F5N7O2. The Labute approximate surface area is 297 Å². The number of nitrogens with zero attached hydrogens (tertiary/aromatic N) is 7. The third-order valence-corrected chi connectivity index (χ3v) is 9.97. The van der Waals surface area contributed by atoms with E-state index in [1.165, 1.54) is 24.7 Å². The van der Waals surface area contributed by atoms with Crippen LogP contribution in [0.15, 0.2) is 61.3 Å². The molecule has 5 aromatic rings. The minimum Gasteiger partial charge on any atom is -0.358 e. The molecule has 1 unspecified atom stereocenters. The molecule has 0 amide bonds. The van der Waals surface area contributed by atoms with Crippen LogP contribution in [-0.2, 0) is 30.3 Å². The van der Waals surface area contributed by atoms with Crippen LogP contribution in [0.5, 0.6) is 0 Å². The van der Waals surface area contributed by atoms with Crippen LogP contribution in [0, 0.1) is 11.6 Å². The lowest BCUT2D eigenvalue weighted by Crippen LogP contribution is -2.45. The zero-order valence-electron chi connectivity index (χ0n) is 28.7. The number of hydrogen-bond acceptors (Lipinski definition) is 8. The van der Waals surface area contributed by atoms with Crippen LogP contribution in [-0.4, -0.2) is 79.4 Å². The van der Waals surface area contributed by atoms with Gasteiger partial charge in [0.1, 0.15) is 35.4 Å². The van der Waals surface area contributed by atoms with Gasteiger partial charge < -0.3 is 9.64 Å². The van der Waals surface area contributed by atoms with E-state index in [4.69, 9.17) is 4.74 Å². The number of pyridine rings is 1. The number of halogens is 5. The molecule has 7 rings (SSSR count). The van der Waals surface area contributed by atoms with E-state index in [1.54, 1.807) is 18.5 Å². The number of imidazole rings is 1. The van der Waals surface area contributed by atoms with E-state index in [-0.39, 0.29) is 41.4 Å². The number of hydrogen-bond donors (Lipinski definition) is 0. The Morgan fingerprint density at radius 2 is 1.73 bits per heavy atom. The smallest absolute Gasteiger partial charge is 0.358 e. The molecule has 52 heavy (non-hydrogen) atoms. The van der Waals surface area contributed by atoms with Crippen molar-refractivity contribution in [3.63, 3.8) is 0 Å². The standard InChI is InChI=1S/C38H38F5N7O2/c1-2-48-13-15-49(16-14-48)21-26-9-8-24(18-29(26)38(41,42)43)32(51)19-25-10-11-30(39)28(34(25)40)20-31-27(6-5-12-44-31)35-36-37(46-22-45-35)50(23-47-36)33-7-3-4-17-52-33/h5-6,8-12,18,22-23,33H,2-4,7,13-17,19-21H2,1H3. The molecule has 5 heterocycles. The van der Waals surface area contributed by atoms with Gasteiger partial charge >= 0.3 is 6.18 Å². The topological polar surface area (TPSA) is 89.3 Å². The van der Waals surface area contributed by atoms with Gasteiger partial charge in [0.2, 0.25) is 0 Å². The zero-order chi connectivity index (χ0) is 36.4. The molecule has 2 aromatic carbocycles. The first-order valence-corrected chi connectivity index (χ1v) is 17.5. The highest BCUT2D eigenvalue weighted by molar-refractivity contribution is 5.98. The number of piperazine rings is 1. The Kier molecular flexibility index (Phi) is 10.4. The van der Waals surface area contributed by atoms with E-state index < -0.39 is 35.6 Å². The average molecular weight is 720 g/mol. The molecule has 9 nitrogen and oxygen atoms in total. The fourth-order valence-electron chi connectivity index (χ4n) is 7.04. The number of benzene rings is 2. The number of ether oxygens (including phenoxy) is 1. The van der Waals surface area contributed by atoms with Crippen molar-refractivity contribution >= 4 is 16.9 Å². The number of carbonyl (C=O) groups excluding carboxylic acids is 1. The molecule has 0 N–H and O–H groups in total. The monoisotopic (exact) mass is 719 g/mol. The summed E-state index contributed by atoms with van der Waals surface area (Å²) in [4.78, 5) is 35.4. The first kappa shape index (κ1) is 35.7. The summed E-state index contributed by atoms with van der Waals surface area (Å²) in [5.74, 6) is -2.53. The van der Waals surface area contributed by atoms with Gasteiger partial charge in [-0.1, -0.05) is 25.1 Å². The lowest BCUT2D eigenvalue weighted by atomic mass is 9.95. The van der Waals surface area contributed by atoms with Crippen LogP contribution in [0.2, 0.25) is 0 Å². The molecule has 0 spiro atoms. The van der Waals surface area contributed by atoms with E-state index in [1.807, 2.05) is 16.4 Å². The summed E-state index contributed by atoms with van der Waals surface area (Å²) in [7, 11) is 0. The minimum atomic E-state index is -4.69. The normalized spacial score (nSPS) is 17.5. The van der Waals surface area contributed by atoms with Gasteiger partial charge in [-0.15, -0.1) is 0 Å². The highest BCUT2D eigenvalue weighted by atomic mass is 19.4. The zero-order valence-corrected chi connectivity index (χ0v) is 28.7. The van der Waals surface area contributed by atoms with Gasteiger partial charge in [-0.25, -0.2) is 23.7 Å². The second-order valence-electron chi connectivity index (χ2n) is 13.2. The fourth-order valence-corrected chi connectivity index (χ4v) is 7.04. The van der Waals surface area contributed by atoms with Crippen LogP contribution in [0.1, 0.15) is 70.7 Å². The molecule has 2 aliphatic heterocycles. The predicted molar refractivity (Wildman–Crippen MR) is 183 cm³/mol. The third-order valence-electron chi connectivity index (χ3n) is 9.97. The van der Waals surface area contributed by atoms with E-state index >= 15 is 8.78 Å². The largest absolute Gasteiger partial charge is 0.416 e. The lowest BCUT2D eigenvalue weighted by molar-refractivity contribution is -0.138. The Balaban J connectivity index is 1.13. The van der Waals surface area contributed by atoms with Crippen molar-refractivity contribution in [2.45, 2.75) is 58.0 Å². The third kappa shape index (κ3) is 7.46. The van der Waals surface area contributed by atoms with Crippen LogP contribution >= 0.6 is 0 Å². The predicted octanol–water partition coefficient (Wildman–Crippen LogP) is 7.04. The summed E-state index contributed by atoms with van der Waals surface area (Å²) in [6, 6.07) is 9.13. The second-order valence-corrected chi connectivity index (χ2v) is 13.2. The summed E-state index contributed by atoms with van der Waals surface area (Å²) < 4.78 is 81.8. The van der Waals surface area contributed by atoms with Crippen molar-refractivity contribution in [1.29, 1.82) is 0 Å². The summed E-state index contributed by atoms with van der Waals surface area (Å²) in [6.07, 6.45) is 1.60. The number of rotatable bonds is 10. The van der Waals surface area contributed by atoms with Crippen molar-refractivity contribution in [2.24, 2.45) is 0 Å². The summed E-state index contributed by atoms with van der Waals surface area (Å²) >= 11 is 0. The number of fused-ring (bicyclic) bond motifs is 1. The second kappa shape index (κ2) is 15.1. The summed E-state index contributed by atoms with van der Waals surface area (Å²) in [6.45, 7) is 6.49. The van der Waals surface area contributed by atoms with Crippen molar-refractivity contribution in [1.82, 2.24) is 34.3 Å². The molecule has 3 aromatic heterocycles. The number of likely N-dealkylation sites (N-methyl/N-ethyl adjacent to an activating group) is 1. The van der Waals surface area contributed by atoms with Crippen molar-refractivity contribution < 1.29 is 31.5 Å².